The molecular weight excluding hydrogens is 164 g/mol. The number of carbonyl (C=O) groups excluding carboxylic acids is 1. The molecule has 70 valence electrons. The Bertz CT molecular complexity index is 286. The van der Waals surface area contributed by atoms with E-state index in [2.05, 4.69) is 6.08 Å². The Hall–Kier alpha value is -1.05. The third-order valence-corrected chi connectivity index (χ3v) is 2.61. The highest BCUT2D eigenvalue weighted by atomic mass is 16.5. The summed E-state index contributed by atoms with van der Waals surface area (Å²) in [6, 6.07) is 0. The molecule has 0 N–H and O–H groups in total. The van der Waals surface area contributed by atoms with Crippen molar-refractivity contribution < 1.29 is 9.53 Å². The maximum Gasteiger partial charge on any atom is 0.197 e. The van der Waals surface area contributed by atoms with E-state index in [0.29, 0.717) is 12.2 Å². The van der Waals surface area contributed by atoms with Crippen LogP contribution in [0.1, 0.15) is 32.6 Å². The normalized spacial score (nSPS) is 27.5. The minimum absolute atomic E-state index is 0.145. The highest BCUT2D eigenvalue weighted by Gasteiger charge is 2.24. The lowest BCUT2D eigenvalue weighted by molar-refractivity contribution is -0.118. The highest BCUT2D eigenvalue weighted by Crippen LogP contribution is 2.26. The van der Waals surface area contributed by atoms with E-state index in [1.54, 1.807) is 0 Å². The van der Waals surface area contributed by atoms with Gasteiger partial charge in [0, 0.05) is 6.42 Å². The van der Waals surface area contributed by atoms with Crippen molar-refractivity contribution in [1.82, 2.24) is 0 Å². The second-order valence-corrected chi connectivity index (χ2v) is 3.69. The molecule has 2 heteroatoms. The molecule has 0 aliphatic heterocycles. The van der Waals surface area contributed by atoms with E-state index in [4.69, 9.17) is 4.74 Å². The van der Waals surface area contributed by atoms with Gasteiger partial charge < -0.3 is 4.74 Å². The minimum atomic E-state index is 0.145. The Morgan fingerprint density at radius 2 is 2.31 bits per heavy atom. The monoisotopic (exact) mass is 178 g/mol. The van der Waals surface area contributed by atoms with Gasteiger partial charge in [0.25, 0.3) is 0 Å². The summed E-state index contributed by atoms with van der Waals surface area (Å²) in [5.41, 5.74) is 1.12. The molecule has 0 amide bonds. The van der Waals surface area contributed by atoms with Gasteiger partial charge in [-0.05, 0) is 37.8 Å². The van der Waals surface area contributed by atoms with Gasteiger partial charge in [0.05, 0.1) is 0 Å². The number of carbonyl (C=O) groups is 1. The van der Waals surface area contributed by atoms with Crippen molar-refractivity contribution in [2.45, 2.75) is 38.7 Å². The largest absolute Gasteiger partial charge is 0.483 e. The fourth-order valence-electron chi connectivity index (χ4n) is 1.79. The number of hydrogen-bond donors (Lipinski definition) is 0. The van der Waals surface area contributed by atoms with Crippen LogP contribution in [0.15, 0.2) is 23.5 Å². The van der Waals surface area contributed by atoms with Crippen molar-refractivity contribution in [3.63, 3.8) is 0 Å². The fourth-order valence-corrected chi connectivity index (χ4v) is 1.79. The lowest BCUT2D eigenvalue weighted by atomic mass is 10.2. The molecule has 0 aromatic rings. The van der Waals surface area contributed by atoms with Gasteiger partial charge in [-0.2, -0.15) is 0 Å². The second-order valence-electron chi connectivity index (χ2n) is 3.69. The number of ketones is 1. The van der Waals surface area contributed by atoms with Crippen LogP contribution in [0.4, 0.5) is 0 Å². The van der Waals surface area contributed by atoms with Gasteiger partial charge >= 0.3 is 0 Å². The molecule has 2 nitrogen and oxygen atoms in total. The molecule has 0 heterocycles. The number of allylic oxidation sites excluding steroid dienone is 3. The van der Waals surface area contributed by atoms with Crippen molar-refractivity contribution in [3.8, 4) is 0 Å². The molecule has 0 bridgehead atoms. The number of ether oxygens (including phenoxy) is 1. The molecule has 0 aromatic carbocycles. The van der Waals surface area contributed by atoms with Crippen LogP contribution in [0.5, 0.6) is 0 Å². The van der Waals surface area contributed by atoms with Crippen LogP contribution in [0.3, 0.4) is 0 Å². The molecule has 0 saturated carbocycles. The summed E-state index contributed by atoms with van der Waals surface area (Å²) in [5, 5.41) is 0. The smallest absolute Gasteiger partial charge is 0.197 e. The van der Waals surface area contributed by atoms with Crippen LogP contribution in [-0.2, 0) is 9.53 Å². The lowest BCUT2D eigenvalue weighted by Gasteiger charge is -2.12. The Balaban J connectivity index is 2.04. The van der Waals surface area contributed by atoms with Crippen molar-refractivity contribution in [3.05, 3.63) is 23.5 Å². The maximum atomic E-state index is 11.4. The van der Waals surface area contributed by atoms with E-state index in [-0.39, 0.29) is 11.9 Å². The molecule has 1 atom stereocenters. The molecule has 0 unspecified atom stereocenters. The molecule has 0 spiro atoms. The van der Waals surface area contributed by atoms with Crippen LogP contribution >= 0.6 is 0 Å². The quantitative estimate of drug-likeness (QED) is 0.607. The lowest BCUT2D eigenvalue weighted by Crippen LogP contribution is -2.10. The molecule has 0 radical (unpaired) electrons. The maximum absolute atomic E-state index is 11.4. The van der Waals surface area contributed by atoms with E-state index in [1.807, 2.05) is 13.0 Å². The van der Waals surface area contributed by atoms with Gasteiger partial charge in [0.2, 0.25) is 0 Å². The Morgan fingerprint density at radius 1 is 1.46 bits per heavy atom. The average molecular weight is 178 g/mol. The average Bonchev–Trinajstić information content (AvgIpc) is 2.70. The Labute approximate surface area is 78.3 Å². The number of Topliss-reactive ketones (excluding diaryl/α,β-unsaturated/α-hetero) is 1. The fraction of sp³-hybridized carbons (Fsp3) is 0.545. The van der Waals surface area contributed by atoms with E-state index in [0.717, 1.165) is 24.8 Å². The summed E-state index contributed by atoms with van der Waals surface area (Å²) in [4.78, 5) is 11.4. The summed E-state index contributed by atoms with van der Waals surface area (Å²) < 4.78 is 5.64. The van der Waals surface area contributed by atoms with Gasteiger partial charge in [-0.3, -0.25) is 4.79 Å². The first-order valence-electron chi connectivity index (χ1n) is 4.83. The first-order valence-corrected chi connectivity index (χ1v) is 4.83. The Kier molecular flexibility index (Phi) is 2.21. The summed E-state index contributed by atoms with van der Waals surface area (Å²) in [6.07, 6.45) is 7.91. The molecule has 0 aromatic heterocycles. The molecule has 0 fully saturated rings. The molecule has 13 heavy (non-hydrogen) atoms. The van der Waals surface area contributed by atoms with Crippen LogP contribution < -0.4 is 0 Å². The number of hydrogen-bond acceptors (Lipinski definition) is 2. The zero-order valence-corrected chi connectivity index (χ0v) is 7.88. The van der Waals surface area contributed by atoms with E-state index in [1.165, 1.54) is 0 Å². The van der Waals surface area contributed by atoms with E-state index < -0.39 is 0 Å². The summed E-state index contributed by atoms with van der Waals surface area (Å²) in [5.74, 6) is 0.814. The van der Waals surface area contributed by atoms with Gasteiger partial charge in [0.1, 0.15) is 6.10 Å². The van der Waals surface area contributed by atoms with Gasteiger partial charge in [0.15, 0.2) is 11.5 Å². The third-order valence-electron chi connectivity index (χ3n) is 2.61. The van der Waals surface area contributed by atoms with E-state index in [9.17, 15) is 4.79 Å². The summed E-state index contributed by atoms with van der Waals surface area (Å²) >= 11 is 0. The van der Waals surface area contributed by atoms with Crippen molar-refractivity contribution in [2.75, 3.05) is 0 Å². The minimum Gasteiger partial charge on any atom is -0.483 e. The predicted octanol–water partition coefficient (Wildman–Crippen LogP) is 2.36. The van der Waals surface area contributed by atoms with Gasteiger partial charge in [-0.1, -0.05) is 6.08 Å². The predicted molar refractivity (Wildman–Crippen MR) is 50.2 cm³/mol. The van der Waals surface area contributed by atoms with Crippen molar-refractivity contribution >= 4 is 5.78 Å². The standard InChI is InChI=1S/C11H14O2/c1-8-6-7-10(12)11(8)13-9-4-2-3-5-9/h2,4,9H,3,5-7H2,1H3/t9-/m0/s1. The third kappa shape index (κ3) is 1.67. The summed E-state index contributed by atoms with van der Waals surface area (Å²) in [7, 11) is 0. The topological polar surface area (TPSA) is 26.3 Å². The van der Waals surface area contributed by atoms with Crippen LogP contribution in [0.25, 0.3) is 0 Å². The van der Waals surface area contributed by atoms with Crippen LogP contribution in [0, 0.1) is 0 Å². The second kappa shape index (κ2) is 3.36. The zero-order chi connectivity index (χ0) is 9.26. The first kappa shape index (κ1) is 8.54. The molecule has 2 aliphatic rings. The van der Waals surface area contributed by atoms with E-state index >= 15 is 0 Å². The number of rotatable bonds is 2. The first-order chi connectivity index (χ1) is 6.27. The summed E-state index contributed by atoms with van der Waals surface area (Å²) in [6.45, 7) is 1.99. The SMILES string of the molecule is CC1=C(O[C@H]2C=CCC2)C(=O)CC1. The van der Waals surface area contributed by atoms with Crippen LogP contribution in [0.2, 0.25) is 0 Å². The van der Waals surface area contributed by atoms with Crippen molar-refractivity contribution in [1.29, 1.82) is 0 Å². The zero-order valence-electron chi connectivity index (χ0n) is 7.88. The molecule has 0 saturated heterocycles. The molecule has 2 aliphatic carbocycles. The Morgan fingerprint density at radius 3 is 2.85 bits per heavy atom. The highest BCUT2D eigenvalue weighted by molar-refractivity contribution is 5.96. The molecular formula is C11H14O2. The van der Waals surface area contributed by atoms with Gasteiger partial charge in [-0.25, -0.2) is 0 Å². The van der Waals surface area contributed by atoms with Crippen molar-refractivity contribution in [2.24, 2.45) is 0 Å². The van der Waals surface area contributed by atoms with Gasteiger partial charge in [-0.15, -0.1) is 0 Å². The van der Waals surface area contributed by atoms with Crippen LogP contribution in [-0.4, -0.2) is 11.9 Å². The molecule has 2 rings (SSSR count).